The van der Waals surface area contributed by atoms with Crippen molar-refractivity contribution in [3.8, 4) is 17.2 Å². The zero-order valence-electron chi connectivity index (χ0n) is 11.6. The van der Waals surface area contributed by atoms with Gasteiger partial charge in [-0.05, 0) is 13.0 Å². The number of nitrogens with one attached hydrogen (secondary N) is 1. The Hall–Kier alpha value is -1.46. The molecule has 1 heterocycles. The lowest BCUT2D eigenvalue weighted by atomic mass is 9.86. The molecule has 5 heteroatoms. The highest BCUT2D eigenvalue weighted by Gasteiger charge is 2.30. The van der Waals surface area contributed by atoms with Crippen LogP contribution in [0.1, 0.15) is 17.9 Å². The zero-order chi connectivity index (χ0) is 13.8. The molecule has 1 aliphatic heterocycles. The van der Waals surface area contributed by atoms with Crippen LogP contribution in [0.25, 0.3) is 0 Å². The Kier molecular flexibility index (Phi) is 4.50. The van der Waals surface area contributed by atoms with Gasteiger partial charge in [0.15, 0.2) is 0 Å². The van der Waals surface area contributed by atoms with E-state index in [0.29, 0.717) is 23.8 Å². The Balaban J connectivity index is 2.46. The molecule has 106 valence electrons. The second kappa shape index (κ2) is 6.12. The number of methoxy groups -OCH3 is 3. The lowest BCUT2D eigenvalue weighted by molar-refractivity contribution is 0.115. The van der Waals surface area contributed by atoms with E-state index in [1.54, 1.807) is 21.3 Å². The van der Waals surface area contributed by atoms with Crippen LogP contribution in [0.3, 0.4) is 0 Å². The van der Waals surface area contributed by atoms with Gasteiger partial charge in [-0.2, -0.15) is 0 Å². The molecular weight excluding hydrogens is 246 g/mol. The Morgan fingerprint density at radius 2 is 1.74 bits per heavy atom. The first-order valence-corrected chi connectivity index (χ1v) is 6.40. The number of rotatable bonds is 4. The van der Waals surface area contributed by atoms with Crippen LogP contribution >= 0.6 is 0 Å². The number of piperidine rings is 1. The first kappa shape index (κ1) is 14.0. The number of ether oxygens (including phenoxy) is 3. The van der Waals surface area contributed by atoms with Gasteiger partial charge in [0.2, 0.25) is 0 Å². The fourth-order valence-corrected chi connectivity index (χ4v) is 2.58. The number of benzene rings is 1. The molecule has 2 rings (SSSR count). The molecule has 19 heavy (non-hydrogen) atoms. The minimum absolute atomic E-state index is 0.0112. The highest BCUT2D eigenvalue weighted by atomic mass is 16.5. The monoisotopic (exact) mass is 267 g/mol. The zero-order valence-corrected chi connectivity index (χ0v) is 11.6. The Morgan fingerprint density at radius 1 is 1.11 bits per heavy atom. The maximum absolute atomic E-state index is 10.2. The van der Waals surface area contributed by atoms with E-state index in [1.807, 2.05) is 12.1 Å². The van der Waals surface area contributed by atoms with E-state index in [9.17, 15) is 5.11 Å². The minimum atomic E-state index is -0.440. The van der Waals surface area contributed by atoms with E-state index in [1.165, 1.54) is 0 Å². The van der Waals surface area contributed by atoms with E-state index in [2.05, 4.69) is 5.32 Å². The molecule has 5 nitrogen and oxygen atoms in total. The van der Waals surface area contributed by atoms with Crippen LogP contribution in [-0.4, -0.2) is 45.6 Å². The summed E-state index contributed by atoms with van der Waals surface area (Å²) in [5.41, 5.74) is 0.916. The van der Waals surface area contributed by atoms with Crippen LogP contribution in [0, 0.1) is 0 Å². The van der Waals surface area contributed by atoms with Crippen LogP contribution in [0.5, 0.6) is 17.2 Å². The van der Waals surface area contributed by atoms with Gasteiger partial charge in [0, 0.05) is 30.2 Å². The molecule has 2 atom stereocenters. The quantitative estimate of drug-likeness (QED) is 0.857. The van der Waals surface area contributed by atoms with Crippen molar-refractivity contribution in [3.05, 3.63) is 17.7 Å². The topological polar surface area (TPSA) is 60.0 Å². The van der Waals surface area contributed by atoms with E-state index in [4.69, 9.17) is 14.2 Å². The van der Waals surface area contributed by atoms with Gasteiger partial charge in [0.25, 0.3) is 0 Å². The summed E-state index contributed by atoms with van der Waals surface area (Å²) in [5.74, 6) is 2.09. The fraction of sp³-hybridized carbons (Fsp3) is 0.571. The van der Waals surface area contributed by atoms with Crippen molar-refractivity contribution in [1.82, 2.24) is 5.32 Å². The maximum Gasteiger partial charge on any atom is 0.129 e. The second-order valence-electron chi connectivity index (χ2n) is 4.61. The number of β-amino-alcohol motifs (C(OH)–C–C–N with tert-alkyl or cyclic N) is 1. The molecular formula is C14H21NO4. The Labute approximate surface area is 113 Å². The highest BCUT2D eigenvalue weighted by molar-refractivity contribution is 5.53. The molecule has 1 fully saturated rings. The van der Waals surface area contributed by atoms with E-state index in [-0.39, 0.29) is 5.92 Å². The molecule has 2 N–H and O–H groups in total. The summed E-state index contributed by atoms with van der Waals surface area (Å²) in [4.78, 5) is 0. The lowest BCUT2D eigenvalue weighted by Gasteiger charge is -2.31. The predicted molar refractivity (Wildman–Crippen MR) is 72.3 cm³/mol. The first-order chi connectivity index (χ1) is 9.21. The second-order valence-corrected chi connectivity index (χ2v) is 4.61. The van der Waals surface area contributed by atoms with Gasteiger partial charge in [-0.15, -0.1) is 0 Å². The molecule has 1 aliphatic rings. The standard InChI is InChI=1S/C14H21NO4/c1-17-9-6-12(18-2)14(13(7-9)19-3)10-4-5-15-8-11(10)16/h6-7,10-11,15-16H,4-5,8H2,1-3H3. The van der Waals surface area contributed by atoms with E-state index in [0.717, 1.165) is 18.5 Å². The van der Waals surface area contributed by atoms with Crippen molar-refractivity contribution >= 4 is 0 Å². The van der Waals surface area contributed by atoms with Crippen LogP contribution < -0.4 is 19.5 Å². The fourth-order valence-electron chi connectivity index (χ4n) is 2.58. The van der Waals surface area contributed by atoms with Gasteiger partial charge in [-0.1, -0.05) is 0 Å². The normalized spacial score (nSPS) is 22.9. The average Bonchev–Trinajstić information content (AvgIpc) is 2.46. The van der Waals surface area contributed by atoms with Crippen molar-refractivity contribution < 1.29 is 19.3 Å². The molecule has 0 bridgehead atoms. The SMILES string of the molecule is COc1cc(OC)c(C2CCNCC2O)c(OC)c1. The molecule has 0 aliphatic carbocycles. The maximum atomic E-state index is 10.2. The van der Waals surface area contributed by atoms with Gasteiger partial charge in [-0.25, -0.2) is 0 Å². The van der Waals surface area contributed by atoms with Crippen LogP contribution in [0.4, 0.5) is 0 Å². The Bertz CT molecular complexity index is 410. The van der Waals surface area contributed by atoms with Gasteiger partial charge in [0.05, 0.1) is 27.4 Å². The van der Waals surface area contributed by atoms with Crippen LogP contribution in [0.15, 0.2) is 12.1 Å². The van der Waals surface area contributed by atoms with Crippen molar-refractivity contribution in [2.45, 2.75) is 18.4 Å². The van der Waals surface area contributed by atoms with Gasteiger partial charge in [-0.3, -0.25) is 0 Å². The molecule has 0 saturated carbocycles. The summed E-state index contributed by atoms with van der Waals surface area (Å²) in [7, 11) is 4.84. The largest absolute Gasteiger partial charge is 0.496 e. The summed E-state index contributed by atoms with van der Waals surface area (Å²) < 4.78 is 16.1. The van der Waals surface area contributed by atoms with Crippen molar-refractivity contribution in [1.29, 1.82) is 0 Å². The summed E-state index contributed by atoms with van der Waals surface area (Å²) in [6.45, 7) is 1.46. The summed E-state index contributed by atoms with van der Waals surface area (Å²) >= 11 is 0. The van der Waals surface area contributed by atoms with Crippen LogP contribution in [-0.2, 0) is 0 Å². The number of aliphatic hydroxyl groups excluding tert-OH is 1. The van der Waals surface area contributed by atoms with Crippen molar-refractivity contribution in [2.24, 2.45) is 0 Å². The molecule has 1 aromatic carbocycles. The molecule has 2 unspecified atom stereocenters. The van der Waals surface area contributed by atoms with Crippen molar-refractivity contribution in [2.75, 3.05) is 34.4 Å². The first-order valence-electron chi connectivity index (χ1n) is 6.40. The summed E-state index contributed by atoms with van der Waals surface area (Å²) in [6.07, 6.45) is 0.408. The Morgan fingerprint density at radius 3 is 2.21 bits per heavy atom. The predicted octanol–water partition coefficient (Wildman–Crippen LogP) is 1.15. The van der Waals surface area contributed by atoms with Crippen molar-refractivity contribution in [3.63, 3.8) is 0 Å². The molecule has 1 aromatic rings. The van der Waals surface area contributed by atoms with Crippen LogP contribution in [0.2, 0.25) is 0 Å². The molecule has 0 amide bonds. The van der Waals surface area contributed by atoms with Gasteiger partial charge in [0.1, 0.15) is 17.2 Å². The van der Waals surface area contributed by atoms with E-state index >= 15 is 0 Å². The number of aliphatic hydroxyl groups is 1. The molecule has 1 saturated heterocycles. The third-order valence-corrected chi connectivity index (χ3v) is 3.57. The van der Waals surface area contributed by atoms with Gasteiger partial charge < -0.3 is 24.6 Å². The molecule has 0 aromatic heterocycles. The number of hydrogen-bond acceptors (Lipinski definition) is 5. The third-order valence-electron chi connectivity index (χ3n) is 3.57. The third kappa shape index (κ3) is 2.77. The summed E-state index contributed by atoms with van der Waals surface area (Å²) in [5, 5.41) is 13.4. The highest BCUT2D eigenvalue weighted by Crippen LogP contribution is 2.42. The van der Waals surface area contributed by atoms with E-state index < -0.39 is 6.10 Å². The lowest BCUT2D eigenvalue weighted by Crippen LogP contribution is -2.39. The minimum Gasteiger partial charge on any atom is -0.496 e. The molecule has 0 radical (unpaired) electrons. The smallest absolute Gasteiger partial charge is 0.129 e. The van der Waals surface area contributed by atoms with Gasteiger partial charge >= 0.3 is 0 Å². The molecule has 0 spiro atoms. The average molecular weight is 267 g/mol. The summed E-state index contributed by atoms with van der Waals surface area (Å²) in [6, 6.07) is 3.65. The number of hydrogen-bond donors (Lipinski definition) is 2.